The summed E-state index contributed by atoms with van der Waals surface area (Å²) < 4.78 is 5.02. The maximum atomic E-state index is 5.02. The fraction of sp³-hybridized carbons (Fsp3) is 0.786. The van der Waals surface area contributed by atoms with E-state index in [-0.39, 0.29) is 0 Å². The third-order valence-electron chi connectivity index (χ3n) is 2.91. The predicted octanol–water partition coefficient (Wildman–Crippen LogP) is 1.66. The van der Waals surface area contributed by atoms with E-state index in [1.54, 1.807) is 18.4 Å². The molecule has 0 radical (unpaired) electrons. The summed E-state index contributed by atoms with van der Waals surface area (Å²) in [6.45, 7) is 7.78. The molecule has 116 valence electrons. The molecule has 0 aliphatic heterocycles. The number of rotatable bonds is 11. The quantitative estimate of drug-likeness (QED) is 0.629. The molecule has 0 amide bonds. The molecule has 20 heavy (non-hydrogen) atoms. The van der Waals surface area contributed by atoms with E-state index in [2.05, 4.69) is 41.5 Å². The summed E-state index contributed by atoms with van der Waals surface area (Å²) in [7, 11) is 5.93. The summed E-state index contributed by atoms with van der Waals surface area (Å²) in [5.74, 6) is 0. The van der Waals surface area contributed by atoms with Gasteiger partial charge in [0.1, 0.15) is 0 Å². The largest absolute Gasteiger partial charge is 0.383 e. The molecular formula is C14H28N4OS. The second kappa shape index (κ2) is 10.1. The summed E-state index contributed by atoms with van der Waals surface area (Å²) >= 11 is 1.74. The van der Waals surface area contributed by atoms with Crippen molar-refractivity contribution in [3.63, 3.8) is 0 Å². The van der Waals surface area contributed by atoms with Crippen LogP contribution in [0.5, 0.6) is 0 Å². The van der Waals surface area contributed by atoms with E-state index in [4.69, 9.17) is 9.72 Å². The first kappa shape index (κ1) is 17.4. The first-order valence-corrected chi connectivity index (χ1v) is 8.09. The molecule has 0 unspecified atom stereocenters. The average molecular weight is 300 g/mol. The van der Waals surface area contributed by atoms with Crippen LogP contribution in [-0.2, 0) is 11.3 Å². The highest BCUT2D eigenvalue weighted by Crippen LogP contribution is 2.20. The molecule has 1 N–H and O–H groups in total. The maximum Gasteiger partial charge on any atom is 0.185 e. The summed E-state index contributed by atoms with van der Waals surface area (Å²) in [6, 6.07) is 0. The Morgan fingerprint density at radius 1 is 1.30 bits per heavy atom. The Morgan fingerprint density at radius 3 is 2.75 bits per heavy atom. The van der Waals surface area contributed by atoms with Crippen molar-refractivity contribution in [2.75, 3.05) is 58.9 Å². The second-order valence-electron chi connectivity index (χ2n) is 5.08. The van der Waals surface area contributed by atoms with Gasteiger partial charge in [-0.3, -0.25) is 0 Å². The molecule has 1 rings (SSSR count). The van der Waals surface area contributed by atoms with Crippen molar-refractivity contribution in [3.8, 4) is 0 Å². The van der Waals surface area contributed by atoms with Gasteiger partial charge in [-0.2, -0.15) is 0 Å². The van der Waals surface area contributed by atoms with Gasteiger partial charge >= 0.3 is 0 Å². The first-order chi connectivity index (χ1) is 9.67. The number of nitrogens with one attached hydrogen (secondary N) is 1. The van der Waals surface area contributed by atoms with Crippen LogP contribution in [0.1, 0.15) is 19.0 Å². The number of aromatic nitrogens is 1. The molecule has 0 spiro atoms. The van der Waals surface area contributed by atoms with Crippen LogP contribution >= 0.6 is 11.3 Å². The highest BCUT2D eigenvalue weighted by Gasteiger charge is 2.10. The van der Waals surface area contributed by atoms with Gasteiger partial charge in [0.15, 0.2) is 5.13 Å². The summed E-state index contributed by atoms with van der Waals surface area (Å²) in [4.78, 5) is 9.32. The second-order valence-corrected chi connectivity index (χ2v) is 5.92. The van der Waals surface area contributed by atoms with Crippen molar-refractivity contribution >= 4 is 16.5 Å². The summed E-state index contributed by atoms with van der Waals surface area (Å²) in [5.41, 5.74) is 1.12. The lowest BCUT2D eigenvalue weighted by Crippen LogP contribution is -2.32. The standard InChI is InChI=1S/C14H28N4OS/c1-5-7-18(9-8-17(2)3)14-16-13(12-20-14)11-15-6-10-19-4/h12,15H,5-11H2,1-4H3. The zero-order valence-corrected chi connectivity index (χ0v) is 14.0. The van der Waals surface area contributed by atoms with E-state index in [9.17, 15) is 0 Å². The Labute approximate surface area is 126 Å². The van der Waals surface area contributed by atoms with E-state index < -0.39 is 0 Å². The molecule has 0 saturated carbocycles. The molecular weight excluding hydrogens is 272 g/mol. The number of hydrogen-bond donors (Lipinski definition) is 1. The van der Waals surface area contributed by atoms with Crippen molar-refractivity contribution in [1.29, 1.82) is 0 Å². The Balaban J connectivity index is 2.47. The Hall–Kier alpha value is -0.690. The van der Waals surface area contributed by atoms with Crippen LogP contribution in [-0.4, -0.2) is 63.9 Å². The Morgan fingerprint density at radius 2 is 2.10 bits per heavy atom. The average Bonchev–Trinajstić information content (AvgIpc) is 2.88. The van der Waals surface area contributed by atoms with Crippen LogP contribution < -0.4 is 10.2 Å². The number of likely N-dealkylation sites (N-methyl/N-ethyl adjacent to an activating group) is 1. The van der Waals surface area contributed by atoms with Crippen molar-refractivity contribution in [2.45, 2.75) is 19.9 Å². The van der Waals surface area contributed by atoms with Gasteiger partial charge < -0.3 is 19.9 Å². The molecule has 5 nitrogen and oxygen atoms in total. The smallest absolute Gasteiger partial charge is 0.185 e. The number of methoxy groups -OCH3 is 1. The molecule has 0 aliphatic rings. The van der Waals surface area contributed by atoms with E-state index in [1.807, 2.05) is 0 Å². The number of thiazole rings is 1. The lowest BCUT2D eigenvalue weighted by molar-refractivity contribution is 0.199. The van der Waals surface area contributed by atoms with Gasteiger partial charge in [0.2, 0.25) is 0 Å². The zero-order chi connectivity index (χ0) is 14.8. The maximum absolute atomic E-state index is 5.02. The van der Waals surface area contributed by atoms with Gasteiger partial charge in [0, 0.05) is 45.2 Å². The van der Waals surface area contributed by atoms with Crippen molar-refractivity contribution in [3.05, 3.63) is 11.1 Å². The SMILES string of the molecule is CCCN(CCN(C)C)c1nc(CNCCOC)cs1. The van der Waals surface area contributed by atoms with Gasteiger partial charge in [-0.1, -0.05) is 6.92 Å². The lowest BCUT2D eigenvalue weighted by Gasteiger charge is -2.23. The van der Waals surface area contributed by atoms with E-state index in [1.165, 1.54) is 0 Å². The molecule has 0 aliphatic carbocycles. The number of hydrogen-bond acceptors (Lipinski definition) is 6. The van der Waals surface area contributed by atoms with Crippen molar-refractivity contribution < 1.29 is 4.74 Å². The van der Waals surface area contributed by atoms with Gasteiger partial charge in [-0.05, 0) is 20.5 Å². The van der Waals surface area contributed by atoms with Gasteiger partial charge in [-0.25, -0.2) is 4.98 Å². The van der Waals surface area contributed by atoms with Crippen LogP contribution in [0.3, 0.4) is 0 Å². The number of ether oxygens (including phenoxy) is 1. The minimum absolute atomic E-state index is 0.738. The molecule has 6 heteroatoms. The van der Waals surface area contributed by atoms with Gasteiger partial charge in [-0.15, -0.1) is 11.3 Å². The third-order valence-corrected chi connectivity index (χ3v) is 3.86. The third kappa shape index (κ3) is 6.65. The van der Waals surface area contributed by atoms with E-state index in [0.717, 1.165) is 56.6 Å². The molecule has 0 atom stereocenters. The minimum atomic E-state index is 0.738. The molecule has 0 saturated heterocycles. The molecule has 0 aromatic carbocycles. The fourth-order valence-electron chi connectivity index (χ4n) is 1.81. The highest BCUT2D eigenvalue weighted by atomic mass is 32.1. The summed E-state index contributed by atoms with van der Waals surface area (Å²) in [5, 5.41) is 6.61. The lowest BCUT2D eigenvalue weighted by atomic mass is 10.4. The van der Waals surface area contributed by atoms with Crippen molar-refractivity contribution in [1.82, 2.24) is 15.2 Å². The molecule has 0 fully saturated rings. The van der Waals surface area contributed by atoms with Crippen LogP contribution in [0.4, 0.5) is 5.13 Å². The monoisotopic (exact) mass is 300 g/mol. The molecule has 1 aromatic rings. The van der Waals surface area contributed by atoms with E-state index >= 15 is 0 Å². The fourth-order valence-corrected chi connectivity index (χ4v) is 2.69. The van der Waals surface area contributed by atoms with Crippen LogP contribution in [0.25, 0.3) is 0 Å². The Bertz CT molecular complexity index is 357. The van der Waals surface area contributed by atoms with E-state index in [0.29, 0.717) is 0 Å². The van der Waals surface area contributed by atoms with Crippen LogP contribution in [0.15, 0.2) is 5.38 Å². The summed E-state index contributed by atoms with van der Waals surface area (Å²) in [6.07, 6.45) is 1.15. The number of anilines is 1. The molecule has 1 heterocycles. The highest BCUT2D eigenvalue weighted by molar-refractivity contribution is 7.13. The van der Waals surface area contributed by atoms with Gasteiger partial charge in [0.25, 0.3) is 0 Å². The molecule has 1 aromatic heterocycles. The first-order valence-electron chi connectivity index (χ1n) is 7.21. The normalized spacial score (nSPS) is 11.2. The number of nitrogens with zero attached hydrogens (tertiary/aromatic N) is 3. The van der Waals surface area contributed by atoms with Gasteiger partial charge in [0.05, 0.1) is 12.3 Å². The topological polar surface area (TPSA) is 40.6 Å². The van der Waals surface area contributed by atoms with Crippen molar-refractivity contribution in [2.24, 2.45) is 0 Å². The predicted molar refractivity (Wildman–Crippen MR) is 86.8 cm³/mol. The van der Waals surface area contributed by atoms with Crippen LogP contribution in [0.2, 0.25) is 0 Å². The minimum Gasteiger partial charge on any atom is -0.383 e. The van der Waals surface area contributed by atoms with Crippen LogP contribution in [0, 0.1) is 0 Å². The molecule has 0 bridgehead atoms. The Kier molecular flexibility index (Phi) is 8.77. The zero-order valence-electron chi connectivity index (χ0n) is 13.2.